The van der Waals surface area contributed by atoms with E-state index in [1.54, 1.807) is 18.2 Å². The molecule has 0 aromatic heterocycles. The molecule has 15 heavy (non-hydrogen) atoms. The van der Waals surface area contributed by atoms with Crippen LogP contribution in [0.25, 0.3) is 0 Å². The average Bonchev–Trinajstić information content (AvgIpc) is 2.27. The third-order valence-electron chi connectivity index (χ3n) is 2.17. The molecular weight excluding hydrogens is 196 g/mol. The molecule has 0 aliphatic rings. The number of rotatable bonds is 4. The minimum Gasteiger partial charge on any atom is -0.497 e. The summed E-state index contributed by atoms with van der Waals surface area (Å²) in [4.78, 5) is 0. The molecule has 1 aromatic rings. The van der Waals surface area contributed by atoms with E-state index in [4.69, 9.17) is 9.47 Å². The first-order valence-electron chi connectivity index (χ1n) is 4.67. The molecule has 0 aliphatic heterocycles. The molecule has 0 unspecified atom stereocenters. The molecule has 0 aliphatic carbocycles. The minimum atomic E-state index is -0.936. The van der Waals surface area contributed by atoms with Gasteiger partial charge in [-0.05, 0) is 24.6 Å². The lowest BCUT2D eigenvalue weighted by molar-refractivity contribution is 0.0303. The van der Waals surface area contributed by atoms with E-state index in [0.29, 0.717) is 17.1 Å². The van der Waals surface area contributed by atoms with E-state index in [1.165, 1.54) is 21.1 Å². The van der Waals surface area contributed by atoms with Crippen LogP contribution in [0.4, 0.5) is 0 Å². The Kier molecular flexibility index (Phi) is 3.94. The molecule has 1 aromatic carbocycles. The second-order valence-electron chi connectivity index (χ2n) is 3.33. The van der Waals surface area contributed by atoms with Gasteiger partial charge in [-0.15, -0.1) is 0 Å². The predicted octanol–water partition coefficient (Wildman–Crippen LogP) is 1.12. The smallest absolute Gasteiger partial charge is 0.122 e. The Labute approximate surface area is 89.1 Å². The number of hydrogen-bond acceptors (Lipinski definition) is 4. The Morgan fingerprint density at radius 1 is 1.00 bits per heavy atom. The van der Waals surface area contributed by atoms with E-state index in [1.807, 2.05) is 0 Å². The van der Waals surface area contributed by atoms with Crippen molar-refractivity contribution in [1.29, 1.82) is 0 Å². The van der Waals surface area contributed by atoms with Crippen molar-refractivity contribution >= 4 is 0 Å². The first-order chi connectivity index (χ1) is 7.08. The van der Waals surface area contributed by atoms with Crippen molar-refractivity contribution in [2.24, 2.45) is 0 Å². The van der Waals surface area contributed by atoms with Crippen LogP contribution in [0.5, 0.6) is 11.5 Å². The molecule has 0 radical (unpaired) electrons. The van der Waals surface area contributed by atoms with E-state index in [-0.39, 0.29) is 0 Å². The number of benzene rings is 1. The summed E-state index contributed by atoms with van der Waals surface area (Å²) >= 11 is 0. The maximum absolute atomic E-state index is 9.68. The van der Waals surface area contributed by atoms with Gasteiger partial charge in [0.05, 0.1) is 20.3 Å². The van der Waals surface area contributed by atoms with Crippen molar-refractivity contribution in [3.05, 3.63) is 23.8 Å². The Bertz CT molecular complexity index is 300. The zero-order valence-corrected chi connectivity index (χ0v) is 9.10. The highest BCUT2D eigenvalue weighted by atomic mass is 16.5. The van der Waals surface area contributed by atoms with Crippen molar-refractivity contribution in [3.8, 4) is 11.5 Å². The molecule has 4 heteroatoms. The predicted molar refractivity (Wildman–Crippen MR) is 56.2 cm³/mol. The first kappa shape index (κ1) is 11.8. The summed E-state index contributed by atoms with van der Waals surface area (Å²) in [7, 11) is 3.07. The summed E-state index contributed by atoms with van der Waals surface area (Å²) < 4.78 is 10.1. The van der Waals surface area contributed by atoms with Crippen LogP contribution in [0, 0.1) is 0 Å². The highest BCUT2D eigenvalue weighted by Crippen LogP contribution is 2.27. The molecule has 0 saturated heterocycles. The highest BCUT2D eigenvalue weighted by molar-refractivity contribution is 5.39. The molecule has 0 saturated carbocycles. The summed E-state index contributed by atoms with van der Waals surface area (Å²) in [6.45, 7) is 1.52. The fourth-order valence-corrected chi connectivity index (χ4v) is 1.28. The monoisotopic (exact) mass is 212 g/mol. The van der Waals surface area contributed by atoms with E-state index >= 15 is 0 Å². The lowest BCUT2D eigenvalue weighted by Gasteiger charge is -2.15. The van der Waals surface area contributed by atoms with Gasteiger partial charge >= 0.3 is 0 Å². The highest BCUT2D eigenvalue weighted by Gasteiger charge is 2.15. The van der Waals surface area contributed by atoms with Crippen LogP contribution in [0.1, 0.15) is 18.6 Å². The van der Waals surface area contributed by atoms with Gasteiger partial charge in [0.1, 0.15) is 17.6 Å². The summed E-state index contributed by atoms with van der Waals surface area (Å²) in [6.07, 6.45) is -1.77. The molecule has 84 valence electrons. The molecule has 0 bridgehead atoms. The van der Waals surface area contributed by atoms with E-state index in [2.05, 4.69) is 0 Å². The van der Waals surface area contributed by atoms with Gasteiger partial charge in [0.25, 0.3) is 0 Å². The third-order valence-corrected chi connectivity index (χ3v) is 2.17. The number of ether oxygens (including phenoxy) is 2. The van der Waals surface area contributed by atoms with Crippen LogP contribution < -0.4 is 9.47 Å². The SMILES string of the molecule is COc1cc(OC)cc([C@@H](O)[C@@H](C)O)c1. The zero-order valence-electron chi connectivity index (χ0n) is 9.10. The molecule has 0 amide bonds. The summed E-state index contributed by atoms with van der Waals surface area (Å²) in [6, 6.07) is 5.04. The van der Waals surface area contributed by atoms with Crippen LogP contribution >= 0.6 is 0 Å². The summed E-state index contributed by atoms with van der Waals surface area (Å²) in [5.74, 6) is 1.17. The van der Waals surface area contributed by atoms with Crippen molar-refractivity contribution in [3.63, 3.8) is 0 Å². The maximum Gasteiger partial charge on any atom is 0.122 e. The first-order valence-corrected chi connectivity index (χ1v) is 4.67. The number of aliphatic hydroxyl groups excluding tert-OH is 2. The van der Waals surface area contributed by atoms with Crippen molar-refractivity contribution in [2.75, 3.05) is 14.2 Å². The molecule has 2 N–H and O–H groups in total. The second-order valence-corrected chi connectivity index (χ2v) is 3.33. The van der Waals surface area contributed by atoms with E-state index < -0.39 is 12.2 Å². The Morgan fingerprint density at radius 3 is 1.80 bits per heavy atom. The van der Waals surface area contributed by atoms with E-state index in [9.17, 15) is 10.2 Å². The lowest BCUT2D eigenvalue weighted by Crippen LogP contribution is -2.13. The van der Waals surface area contributed by atoms with Gasteiger partial charge in [-0.2, -0.15) is 0 Å². The Balaban J connectivity index is 3.06. The van der Waals surface area contributed by atoms with Crippen molar-refractivity contribution in [1.82, 2.24) is 0 Å². The van der Waals surface area contributed by atoms with Crippen LogP contribution in [0.2, 0.25) is 0 Å². The zero-order chi connectivity index (χ0) is 11.4. The molecule has 4 nitrogen and oxygen atoms in total. The van der Waals surface area contributed by atoms with Gasteiger partial charge in [-0.25, -0.2) is 0 Å². The molecule has 0 fully saturated rings. The van der Waals surface area contributed by atoms with Gasteiger partial charge < -0.3 is 19.7 Å². The Hall–Kier alpha value is -1.26. The summed E-state index contributed by atoms with van der Waals surface area (Å²) in [5, 5.41) is 18.9. The van der Waals surface area contributed by atoms with Crippen LogP contribution in [-0.4, -0.2) is 30.5 Å². The van der Waals surface area contributed by atoms with Crippen LogP contribution in [0.3, 0.4) is 0 Å². The minimum absolute atomic E-state index is 0.571. The lowest BCUT2D eigenvalue weighted by atomic mass is 10.0. The van der Waals surface area contributed by atoms with Crippen LogP contribution in [0.15, 0.2) is 18.2 Å². The van der Waals surface area contributed by atoms with Gasteiger partial charge in [0.2, 0.25) is 0 Å². The number of hydrogen-bond donors (Lipinski definition) is 2. The maximum atomic E-state index is 9.68. The van der Waals surface area contributed by atoms with Gasteiger partial charge in [-0.3, -0.25) is 0 Å². The molecule has 0 heterocycles. The largest absolute Gasteiger partial charge is 0.497 e. The van der Waals surface area contributed by atoms with Gasteiger partial charge in [0.15, 0.2) is 0 Å². The van der Waals surface area contributed by atoms with Crippen molar-refractivity contribution in [2.45, 2.75) is 19.1 Å². The quantitative estimate of drug-likeness (QED) is 0.785. The average molecular weight is 212 g/mol. The molecule has 2 atom stereocenters. The van der Waals surface area contributed by atoms with E-state index in [0.717, 1.165) is 0 Å². The normalized spacial score (nSPS) is 14.5. The fourth-order valence-electron chi connectivity index (χ4n) is 1.28. The number of aliphatic hydroxyl groups is 2. The topological polar surface area (TPSA) is 58.9 Å². The fraction of sp³-hybridized carbons (Fsp3) is 0.455. The number of methoxy groups -OCH3 is 2. The second kappa shape index (κ2) is 5.00. The third kappa shape index (κ3) is 2.84. The molecule has 0 spiro atoms. The van der Waals surface area contributed by atoms with Crippen LogP contribution in [-0.2, 0) is 0 Å². The van der Waals surface area contributed by atoms with Crippen molar-refractivity contribution < 1.29 is 19.7 Å². The Morgan fingerprint density at radius 2 is 1.47 bits per heavy atom. The van der Waals surface area contributed by atoms with Gasteiger partial charge in [0, 0.05) is 6.07 Å². The molecular formula is C11H16O4. The molecule has 1 rings (SSSR count). The summed E-state index contributed by atoms with van der Waals surface area (Å²) in [5.41, 5.74) is 0.571. The van der Waals surface area contributed by atoms with Gasteiger partial charge in [-0.1, -0.05) is 0 Å². The standard InChI is InChI=1S/C11H16O4/c1-7(12)11(13)8-4-9(14-2)6-10(5-8)15-3/h4-7,11-13H,1-3H3/t7-,11+/m1/s1.